The molecule has 30 heavy (non-hydrogen) atoms. The molecule has 1 aliphatic rings. The van der Waals surface area contributed by atoms with Gasteiger partial charge in [0.25, 0.3) is 5.97 Å². The molecule has 0 aliphatic heterocycles. The zero-order valence-corrected chi connectivity index (χ0v) is 17.1. The molecular weight excluding hydrogens is 372 g/mol. The van der Waals surface area contributed by atoms with Gasteiger partial charge in [0.1, 0.15) is 0 Å². The Morgan fingerprint density at radius 2 is 1.60 bits per heavy atom. The lowest BCUT2D eigenvalue weighted by Crippen LogP contribution is -2.28. The van der Waals surface area contributed by atoms with Crippen molar-refractivity contribution >= 4 is 16.9 Å². The molecule has 0 saturated carbocycles. The van der Waals surface area contributed by atoms with Gasteiger partial charge in [-0.05, 0) is 58.2 Å². The molecule has 4 heteroatoms. The first-order valence-electron chi connectivity index (χ1n) is 10.2. The lowest BCUT2D eigenvalue weighted by atomic mass is 10.0. The van der Waals surface area contributed by atoms with E-state index in [-0.39, 0.29) is 0 Å². The number of rotatable bonds is 4. The van der Waals surface area contributed by atoms with Crippen LogP contribution in [0.15, 0.2) is 79.0 Å². The second kappa shape index (κ2) is 8.97. The third-order valence-corrected chi connectivity index (χ3v) is 5.49. The first-order valence-corrected chi connectivity index (χ1v) is 10.2. The Hall–Kier alpha value is -3.37. The normalized spacial score (nSPS) is 13.0. The molecule has 0 radical (unpaired) electrons. The van der Waals surface area contributed by atoms with Gasteiger partial charge in [0.05, 0.1) is 0 Å². The Labute approximate surface area is 176 Å². The smallest absolute Gasteiger partial charge is 0.300 e. The molecule has 3 N–H and O–H groups in total. The highest BCUT2D eigenvalue weighted by Crippen LogP contribution is 2.25. The van der Waals surface area contributed by atoms with Crippen LogP contribution in [0.3, 0.4) is 0 Å². The molecule has 3 aromatic carbocycles. The molecule has 4 aromatic rings. The lowest BCUT2D eigenvalue weighted by molar-refractivity contribution is -0.134. The minimum atomic E-state index is -0.833. The molecule has 0 saturated heterocycles. The van der Waals surface area contributed by atoms with Crippen LogP contribution in [0.2, 0.25) is 0 Å². The summed E-state index contributed by atoms with van der Waals surface area (Å²) in [5.41, 5.74) is 8.05. The summed E-state index contributed by atoms with van der Waals surface area (Å²) in [7, 11) is 0. The SMILES string of the molecule is CC(=O)O.c1ccc2c(c1)CC(NCc1ccc(-c3ccc4cc[nH]c4c3)cc1)C2. The highest BCUT2D eigenvalue weighted by atomic mass is 16.4. The minimum absolute atomic E-state index is 0.558. The number of H-pyrrole nitrogens is 1. The highest BCUT2D eigenvalue weighted by Gasteiger charge is 2.19. The summed E-state index contributed by atoms with van der Waals surface area (Å²) < 4.78 is 0. The van der Waals surface area contributed by atoms with Crippen LogP contribution >= 0.6 is 0 Å². The molecule has 0 atom stereocenters. The second-order valence-electron chi connectivity index (χ2n) is 7.75. The fourth-order valence-corrected chi connectivity index (χ4v) is 4.01. The number of aromatic amines is 1. The van der Waals surface area contributed by atoms with E-state index in [1.54, 1.807) is 0 Å². The fourth-order valence-electron chi connectivity index (χ4n) is 4.01. The van der Waals surface area contributed by atoms with Crippen molar-refractivity contribution in [2.45, 2.75) is 32.4 Å². The van der Waals surface area contributed by atoms with Crippen LogP contribution in [0.1, 0.15) is 23.6 Å². The number of carboxylic acid groups (broad SMARTS) is 1. The van der Waals surface area contributed by atoms with Gasteiger partial charge in [-0.15, -0.1) is 0 Å². The van der Waals surface area contributed by atoms with Gasteiger partial charge in [0, 0.05) is 31.2 Å². The number of aliphatic carboxylic acids is 1. The molecule has 5 rings (SSSR count). The Kier molecular flexibility index (Phi) is 5.96. The summed E-state index contributed by atoms with van der Waals surface area (Å²) >= 11 is 0. The van der Waals surface area contributed by atoms with E-state index < -0.39 is 5.97 Å². The van der Waals surface area contributed by atoms with Gasteiger partial charge in [-0.2, -0.15) is 0 Å². The van der Waals surface area contributed by atoms with Gasteiger partial charge in [0.2, 0.25) is 0 Å². The average Bonchev–Trinajstić information content (AvgIpc) is 3.38. The largest absolute Gasteiger partial charge is 0.481 e. The average molecular weight is 399 g/mol. The Morgan fingerprint density at radius 1 is 0.967 bits per heavy atom. The van der Waals surface area contributed by atoms with E-state index in [4.69, 9.17) is 9.90 Å². The lowest BCUT2D eigenvalue weighted by Gasteiger charge is -2.12. The quantitative estimate of drug-likeness (QED) is 0.444. The summed E-state index contributed by atoms with van der Waals surface area (Å²) in [5, 5.41) is 12.4. The van der Waals surface area contributed by atoms with Gasteiger partial charge in [-0.1, -0.05) is 60.7 Å². The number of hydrogen-bond donors (Lipinski definition) is 3. The number of aromatic nitrogens is 1. The molecular formula is C26H26N2O2. The summed E-state index contributed by atoms with van der Waals surface area (Å²) in [4.78, 5) is 12.3. The van der Waals surface area contributed by atoms with E-state index >= 15 is 0 Å². The van der Waals surface area contributed by atoms with Crippen LogP contribution < -0.4 is 5.32 Å². The van der Waals surface area contributed by atoms with Crippen LogP contribution in [0.5, 0.6) is 0 Å². The third-order valence-electron chi connectivity index (χ3n) is 5.49. The maximum atomic E-state index is 9.00. The number of fused-ring (bicyclic) bond motifs is 2. The van der Waals surface area contributed by atoms with Crippen LogP contribution in [0.4, 0.5) is 0 Å². The summed E-state index contributed by atoms with van der Waals surface area (Å²) in [6.45, 7) is 2.01. The van der Waals surface area contributed by atoms with Crippen molar-refractivity contribution in [1.29, 1.82) is 0 Å². The number of carboxylic acids is 1. The van der Waals surface area contributed by atoms with Crippen molar-refractivity contribution in [2.75, 3.05) is 0 Å². The fraction of sp³-hybridized carbons (Fsp3) is 0.192. The van der Waals surface area contributed by atoms with Gasteiger partial charge in [-0.25, -0.2) is 0 Å². The molecule has 0 bridgehead atoms. The summed E-state index contributed by atoms with van der Waals surface area (Å²) in [6.07, 6.45) is 4.28. The van der Waals surface area contributed by atoms with Crippen molar-refractivity contribution in [3.63, 3.8) is 0 Å². The topological polar surface area (TPSA) is 65.1 Å². The van der Waals surface area contributed by atoms with Crippen molar-refractivity contribution in [2.24, 2.45) is 0 Å². The van der Waals surface area contributed by atoms with E-state index in [1.807, 2.05) is 6.20 Å². The highest BCUT2D eigenvalue weighted by molar-refractivity contribution is 5.84. The van der Waals surface area contributed by atoms with Gasteiger partial charge in [0.15, 0.2) is 0 Å². The maximum absolute atomic E-state index is 9.00. The van der Waals surface area contributed by atoms with E-state index in [2.05, 4.69) is 83.1 Å². The number of nitrogens with one attached hydrogen (secondary N) is 2. The predicted molar refractivity (Wildman–Crippen MR) is 122 cm³/mol. The summed E-state index contributed by atoms with van der Waals surface area (Å²) in [6, 6.07) is 27.0. The minimum Gasteiger partial charge on any atom is -0.481 e. The summed E-state index contributed by atoms with van der Waals surface area (Å²) in [5.74, 6) is -0.833. The first-order chi connectivity index (χ1) is 14.6. The molecule has 1 aliphatic carbocycles. The molecule has 152 valence electrons. The molecule has 0 fully saturated rings. The monoisotopic (exact) mass is 398 g/mol. The molecule has 0 amide bonds. The van der Waals surface area contributed by atoms with Crippen LogP contribution in [0, 0.1) is 0 Å². The number of hydrogen-bond acceptors (Lipinski definition) is 2. The molecule has 4 nitrogen and oxygen atoms in total. The second-order valence-corrected chi connectivity index (χ2v) is 7.75. The van der Waals surface area contributed by atoms with E-state index in [0.29, 0.717) is 6.04 Å². The molecule has 0 spiro atoms. The first kappa shape index (κ1) is 19.9. The van der Waals surface area contributed by atoms with E-state index in [9.17, 15) is 0 Å². The Bertz CT molecular complexity index is 1120. The standard InChI is InChI=1S/C24H22N2.C2H4O2/c1-2-4-21-14-23(13-20(21)3-1)26-16-17-5-7-18(8-6-17)22-10-9-19-11-12-25-24(19)15-22;1-2(3)4/h1-12,15,23,25-26H,13-14,16H2;1H3,(H,3,4). The van der Waals surface area contributed by atoms with Crippen LogP contribution in [-0.2, 0) is 24.2 Å². The van der Waals surface area contributed by atoms with Crippen molar-refractivity contribution in [1.82, 2.24) is 10.3 Å². The van der Waals surface area contributed by atoms with Gasteiger partial charge >= 0.3 is 0 Å². The zero-order valence-electron chi connectivity index (χ0n) is 17.1. The molecule has 1 heterocycles. The maximum Gasteiger partial charge on any atom is 0.300 e. The van der Waals surface area contributed by atoms with Gasteiger partial charge < -0.3 is 15.4 Å². The number of carbonyl (C=O) groups is 1. The Morgan fingerprint density at radius 3 is 2.27 bits per heavy atom. The molecule has 1 aromatic heterocycles. The van der Waals surface area contributed by atoms with E-state index in [0.717, 1.165) is 26.3 Å². The predicted octanol–water partition coefficient (Wildman–Crippen LogP) is 5.18. The Balaban J connectivity index is 0.000000503. The van der Waals surface area contributed by atoms with Crippen molar-refractivity contribution < 1.29 is 9.90 Å². The number of benzene rings is 3. The van der Waals surface area contributed by atoms with E-state index in [1.165, 1.54) is 38.7 Å². The van der Waals surface area contributed by atoms with Crippen LogP contribution in [0.25, 0.3) is 22.0 Å². The third kappa shape index (κ3) is 4.78. The van der Waals surface area contributed by atoms with Crippen LogP contribution in [-0.4, -0.2) is 22.1 Å². The van der Waals surface area contributed by atoms with Crippen molar-refractivity contribution in [3.8, 4) is 11.1 Å². The zero-order chi connectivity index (χ0) is 20.9. The van der Waals surface area contributed by atoms with Crippen molar-refractivity contribution in [3.05, 3.63) is 95.7 Å². The van der Waals surface area contributed by atoms with Gasteiger partial charge in [-0.3, -0.25) is 4.79 Å². The molecule has 0 unspecified atom stereocenters.